The average molecular weight is 1030 g/mol. The zero-order valence-corrected chi connectivity index (χ0v) is 40.7. The van der Waals surface area contributed by atoms with Crippen LogP contribution in [0.3, 0.4) is 0 Å². The van der Waals surface area contributed by atoms with Crippen LogP contribution in [0.5, 0.6) is 5.75 Å². The number of hydrogen-bond donors (Lipinski definition) is 15. The minimum atomic E-state index is -2.03. The molecule has 2 fully saturated rings. The van der Waals surface area contributed by atoms with Crippen LogP contribution < -0.4 is 59.2 Å². The molecule has 2 aromatic heterocycles. The van der Waals surface area contributed by atoms with Crippen molar-refractivity contribution in [1.82, 2.24) is 41.9 Å². The molecule has 2 saturated carbocycles. The van der Waals surface area contributed by atoms with Crippen LogP contribution in [-0.4, -0.2) is 140 Å². The third-order valence-corrected chi connectivity index (χ3v) is 15.0. The Morgan fingerprint density at radius 2 is 1.67 bits per heavy atom. The van der Waals surface area contributed by atoms with E-state index in [4.69, 9.17) is 21.9 Å². The Morgan fingerprint density at radius 1 is 0.907 bits per heavy atom. The van der Waals surface area contributed by atoms with Crippen molar-refractivity contribution in [2.45, 2.75) is 104 Å². The molecule has 7 amide bonds. The first kappa shape index (κ1) is 51.8. The Hall–Kier alpha value is -8.06. The summed E-state index contributed by atoms with van der Waals surface area (Å²) in [4.78, 5) is 119. The Kier molecular flexibility index (Phi) is 14.3. The lowest BCUT2D eigenvalue weighted by molar-refractivity contribution is -0.143. The molecule has 18 N–H and O–H groups in total. The van der Waals surface area contributed by atoms with Gasteiger partial charge in [0.25, 0.3) is 0 Å². The van der Waals surface area contributed by atoms with Gasteiger partial charge >= 0.3 is 5.97 Å². The number of para-hydroxylation sites is 2. The van der Waals surface area contributed by atoms with Crippen molar-refractivity contribution in [2.24, 2.45) is 23.1 Å². The molecule has 396 valence electrons. The van der Waals surface area contributed by atoms with Crippen molar-refractivity contribution in [3.05, 3.63) is 95.3 Å². The molecule has 0 saturated heterocycles. The first-order chi connectivity index (χ1) is 35.9. The van der Waals surface area contributed by atoms with Crippen molar-refractivity contribution in [2.75, 3.05) is 25.5 Å². The number of amides is 7. The summed E-state index contributed by atoms with van der Waals surface area (Å²) >= 11 is 0. The Labute approximate surface area is 428 Å². The first-order valence-electron chi connectivity index (χ1n) is 24.7. The fraction of sp³-hybridized carbons (Fsp3) is 0.412. The standard InChI is InChI=1S/C51H60N12O12/c1-55-38-23-6-4-10-36(38)75-41-29-21-57-33-16-24(11-13-28(29)33)27(8-5-15-52)39(46(70)63-51(19-37(51)65)49(74)59-34(47(71)72)17-25-20-56-32-9-3-2-7-26(25)32)60-44(68)35(22-64)58-45(69)40(41)61-48(73)50(18-30(50)42(54)66)62-43(67)31(53)14-12-23/h2-4,6-7,9-11,13,16,20-21,27,30-31,34-35,37,39-41,55-57,64-65H,5,8,12,14-15,17-19,22,52-53H2,1H3,(H2,54,66)(H,58,69)(H,59,74)(H,60,68)(H,61,73)(H,62,67)(H,63,70)(H,71,72)/t27-,30?,31-,34-,35-,37?,39-,40-,41+,50?,51?/m0/s1. The van der Waals surface area contributed by atoms with Crippen LogP contribution in [0, 0.1) is 5.92 Å². The van der Waals surface area contributed by atoms with Crippen LogP contribution >= 0.6 is 0 Å². The molecular formula is C51H60N12O12. The number of carboxylic acid groups (broad SMARTS) is 1. The van der Waals surface area contributed by atoms with Gasteiger partial charge in [-0.15, -0.1) is 0 Å². The maximum Gasteiger partial charge on any atom is 0.326 e. The van der Waals surface area contributed by atoms with E-state index in [0.29, 0.717) is 45.3 Å². The number of aliphatic carboxylic acids is 1. The van der Waals surface area contributed by atoms with Crippen LogP contribution in [0.15, 0.2) is 73.1 Å². The van der Waals surface area contributed by atoms with E-state index in [1.54, 1.807) is 68.0 Å². The molecule has 24 heteroatoms. The second-order valence-corrected chi connectivity index (χ2v) is 19.7. The van der Waals surface area contributed by atoms with E-state index in [9.17, 15) is 48.9 Å². The van der Waals surface area contributed by atoms with Gasteiger partial charge in [-0.1, -0.05) is 42.5 Å². The van der Waals surface area contributed by atoms with Crippen molar-refractivity contribution in [1.29, 1.82) is 0 Å². The van der Waals surface area contributed by atoms with Gasteiger partial charge < -0.3 is 84.4 Å². The van der Waals surface area contributed by atoms with Crippen molar-refractivity contribution >= 4 is 74.8 Å². The van der Waals surface area contributed by atoms with Gasteiger partial charge in [0.2, 0.25) is 41.4 Å². The predicted molar refractivity (Wildman–Crippen MR) is 269 cm³/mol. The molecule has 5 heterocycles. The van der Waals surface area contributed by atoms with Gasteiger partial charge in [-0.05, 0) is 73.5 Å². The van der Waals surface area contributed by atoms with E-state index in [-0.39, 0.29) is 50.8 Å². The number of benzene rings is 3. The van der Waals surface area contributed by atoms with Crippen LogP contribution in [0.25, 0.3) is 21.8 Å². The van der Waals surface area contributed by atoms with E-state index in [2.05, 4.69) is 47.2 Å². The number of H-pyrrole nitrogens is 2. The number of primary amides is 1. The van der Waals surface area contributed by atoms with Crippen molar-refractivity contribution < 1.29 is 58.4 Å². The molecule has 11 atom stereocenters. The number of nitrogens with one attached hydrogen (secondary N) is 9. The number of fused-ring (bicyclic) bond motifs is 10. The maximum atomic E-state index is 15.1. The van der Waals surface area contributed by atoms with Gasteiger partial charge in [0.05, 0.1) is 30.4 Å². The second-order valence-electron chi connectivity index (χ2n) is 19.7. The highest BCUT2D eigenvalue weighted by molar-refractivity contribution is 6.05. The van der Waals surface area contributed by atoms with Crippen LogP contribution in [-0.2, 0) is 51.2 Å². The second kappa shape index (κ2) is 20.7. The molecule has 0 radical (unpaired) electrons. The number of aliphatic hydroxyl groups excluding tert-OH is 2. The highest BCUT2D eigenvalue weighted by Gasteiger charge is 2.65. The third-order valence-electron chi connectivity index (χ3n) is 15.0. The number of aliphatic hydroxyl groups is 2. The summed E-state index contributed by atoms with van der Waals surface area (Å²) in [5.41, 5.74) is 17.9. The summed E-state index contributed by atoms with van der Waals surface area (Å²) in [5.74, 6) is -10.1. The highest BCUT2D eigenvalue weighted by atomic mass is 16.5. The number of carbonyl (C=O) groups is 8. The molecule has 5 aliphatic rings. The van der Waals surface area contributed by atoms with Gasteiger partial charge in [-0.2, -0.15) is 0 Å². The number of anilines is 1. The van der Waals surface area contributed by atoms with E-state index < -0.39 is 119 Å². The molecule has 3 aliphatic heterocycles. The third kappa shape index (κ3) is 9.91. The van der Waals surface area contributed by atoms with Gasteiger partial charge in [-0.3, -0.25) is 33.6 Å². The number of carbonyl (C=O) groups excluding carboxylic acids is 7. The molecule has 4 unspecified atom stereocenters. The first-order valence-corrected chi connectivity index (χ1v) is 24.7. The topological polar surface area (TPSA) is 400 Å². The molecule has 24 nitrogen and oxygen atoms in total. The molecule has 75 heavy (non-hydrogen) atoms. The Morgan fingerprint density at radius 3 is 2.36 bits per heavy atom. The van der Waals surface area contributed by atoms with Gasteiger partial charge in [0, 0.05) is 65.6 Å². The van der Waals surface area contributed by atoms with Crippen LogP contribution in [0.1, 0.15) is 66.4 Å². The molecule has 6 bridgehead atoms. The van der Waals surface area contributed by atoms with E-state index in [1.807, 2.05) is 12.1 Å². The fourth-order valence-electron chi connectivity index (χ4n) is 10.5. The monoisotopic (exact) mass is 1030 g/mol. The lowest BCUT2D eigenvalue weighted by atomic mass is 9.85. The molecular weight excluding hydrogens is 973 g/mol. The summed E-state index contributed by atoms with van der Waals surface area (Å²) in [6.45, 7) is -0.902. The van der Waals surface area contributed by atoms with Crippen LogP contribution in [0.4, 0.5) is 5.69 Å². The number of carboxylic acids is 1. The SMILES string of the molecule is CNc1c2cccc1O[C@@H]1c3c[nH]c4cc(ccc34)[C@H](CCCN)[C@@H](C(=O)NC3(C(=O)N[C@@H](Cc4c[nH]c5ccccc45)C(=O)O)CC3O)NC(=O)[C@H](CO)NC(=O)[C@H]1NC(=O)C1(CC1C(N)=O)NC(=O)[C@@H](N)CC2. The lowest BCUT2D eigenvalue weighted by Crippen LogP contribution is -2.63. The quantitative estimate of drug-likeness (QED) is 0.0616. The van der Waals surface area contributed by atoms with Gasteiger partial charge in [-0.25, -0.2) is 4.79 Å². The normalized spacial score (nSPS) is 28.1. The smallest absolute Gasteiger partial charge is 0.326 e. The van der Waals surface area contributed by atoms with E-state index in [0.717, 1.165) is 10.9 Å². The minimum absolute atomic E-state index is 0.125. The molecule has 10 rings (SSSR count). The summed E-state index contributed by atoms with van der Waals surface area (Å²) < 4.78 is 6.81. The molecule has 1 spiro atoms. The number of aryl methyl sites for hydroxylation is 1. The van der Waals surface area contributed by atoms with E-state index >= 15 is 4.79 Å². The largest absolute Gasteiger partial charge is 0.481 e. The minimum Gasteiger partial charge on any atom is -0.481 e. The highest BCUT2D eigenvalue weighted by Crippen LogP contribution is 2.45. The molecule has 5 aromatic rings. The van der Waals surface area contributed by atoms with E-state index in [1.165, 1.54) is 0 Å². The summed E-state index contributed by atoms with van der Waals surface area (Å²) in [6.07, 6.45) is 0.451. The number of nitrogens with two attached hydrogens (primary N) is 3. The van der Waals surface area contributed by atoms with Gasteiger partial charge in [0.15, 0.2) is 6.10 Å². The number of rotatable bonds is 13. The molecule has 2 aliphatic carbocycles. The Bertz CT molecular complexity index is 3100. The average Bonchev–Trinajstić information content (AvgIpc) is 4.16. The molecule has 3 aromatic carbocycles. The van der Waals surface area contributed by atoms with Crippen molar-refractivity contribution in [3.63, 3.8) is 0 Å². The maximum absolute atomic E-state index is 15.1. The fourth-order valence-corrected chi connectivity index (χ4v) is 10.5. The number of hydrogen-bond acceptors (Lipinski definition) is 14. The zero-order chi connectivity index (χ0) is 53.5. The summed E-state index contributed by atoms with van der Waals surface area (Å²) in [7, 11) is 1.65. The summed E-state index contributed by atoms with van der Waals surface area (Å²) in [6, 6.07) is 9.54. The number of aromatic amines is 2. The Balaban J connectivity index is 1.10. The van der Waals surface area contributed by atoms with Crippen molar-refractivity contribution in [3.8, 4) is 5.75 Å². The van der Waals surface area contributed by atoms with Crippen LogP contribution in [0.2, 0.25) is 0 Å². The van der Waals surface area contributed by atoms with Gasteiger partial charge in [0.1, 0.15) is 41.0 Å². The zero-order valence-electron chi connectivity index (χ0n) is 40.7. The predicted octanol–water partition coefficient (Wildman–Crippen LogP) is -1.84. The number of ether oxygens (including phenoxy) is 1. The lowest BCUT2D eigenvalue weighted by Gasteiger charge is -2.33. The number of aromatic nitrogens is 2. The summed E-state index contributed by atoms with van der Waals surface area (Å²) in [5, 5.41) is 52.1.